The fraction of sp³-hybridized carbons (Fsp3) is 0.143. The van der Waals surface area contributed by atoms with E-state index in [1.807, 2.05) is 0 Å². The summed E-state index contributed by atoms with van der Waals surface area (Å²) < 4.78 is 0. The molecule has 0 radical (unpaired) electrons. The summed E-state index contributed by atoms with van der Waals surface area (Å²) in [6.07, 6.45) is 0. The average molecular weight is 951 g/mol. The second-order valence-corrected chi connectivity index (χ2v) is 22.3. The van der Waals surface area contributed by atoms with Crippen LogP contribution in [-0.2, 0) is 10.8 Å². The SMILES string of the molecule is Cc1cc(N2c3ccccc3C(C)(C)c3ccccc32)cc(C)c1B1c2ccc(-c3ccccc3)cc2B(c2c(C)cc(N3c4ccccc4C(C)(C)c4ccccc43)cc2C)c2ccc(-c3ccccc3)cc21. The van der Waals surface area contributed by atoms with Gasteiger partial charge in [-0.25, -0.2) is 0 Å². The van der Waals surface area contributed by atoms with Crippen molar-refractivity contribution >= 4 is 80.3 Å². The summed E-state index contributed by atoms with van der Waals surface area (Å²) in [4.78, 5) is 5.02. The molecular formula is C70H60B2N2. The van der Waals surface area contributed by atoms with E-state index in [-0.39, 0.29) is 24.3 Å². The molecule has 10 aromatic carbocycles. The Hall–Kier alpha value is -8.07. The Morgan fingerprint density at radius 2 is 0.568 bits per heavy atom. The lowest BCUT2D eigenvalue weighted by molar-refractivity contribution is 0.631. The molecule has 0 saturated heterocycles. The minimum Gasteiger partial charge on any atom is -0.310 e. The number of hydrogen-bond acceptors (Lipinski definition) is 2. The lowest BCUT2D eigenvalue weighted by Crippen LogP contribution is -2.76. The summed E-state index contributed by atoms with van der Waals surface area (Å²) >= 11 is 0. The summed E-state index contributed by atoms with van der Waals surface area (Å²) in [7, 11) is 0. The van der Waals surface area contributed by atoms with E-state index in [4.69, 9.17) is 0 Å². The minimum atomic E-state index is -0.131. The van der Waals surface area contributed by atoms with Gasteiger partial charge in [0.05, 0.1) is 22.7 Å². The number of hydrogen-bond donors (Lipinski definition) is 0. The number of anilines is 6. The fourth-order valence-electron chi connectivity index (χ4n) is 13.7. The number of benzene rings is 10. The molecular weight excluding hydrogens is 890 g/mol. The first-order valence-electron chi connectivity index (χ1n) is 26.5. The van der Waals surface area contributed by atoms with Crippen molar-refractivity contribution in [1.82, 2.24) is 0 Å². The molecule has 0 aromatic heterocycles. The molecule has 356 valence electrons. The number of para-hydroxylation sites is 4. The molecule has 3 aliphatic heterocycles. The lowest BCUT2D eigenvalue weighted by atomic mass is 9.20. The van der Waals surface area contributed by atoms with Crippen molar-refractivity contribution in [2.75, 3.05) is 9.80 Å². The van der Waals surface area contributed by atoms with E-state index in [0.717, 1.165) is 0 Å². The largest absolute Gasteiger partial charge is 0.310 e. The first kappa shape index (κ1) is 45.8. The van der Waals surface area contributed by atoms with Crippen LogP contribution in [0.5, 0.6) is 0 Å². The van der Waals surface area contributed by atoms with E-state index in [1.54, 1.807) is 0 Å². The van der Waals surface area contributed by atoms with Crippen molar-refractivity contribution in [3.05, 3.63) is 263 Å². The highest BCUT2D eigenvalue weighted by molar-refractivity contribution is 7.11. The summed E-state index contributed by atoms with van der Waals surface area (Å²) in [5.41, 5.74) is 30.8. The molecule has 0 saturated carbocycles. The van der Waals surface area contributed by atoms with Crippen molar-refractivity contribution in [3.8, 4) is 22.3 Å². The molecule has 0 atom stereocenters. The average Bonchev–Trinajstić information content (AvgIpc) is 3.45. The zero-order valence-electron chi connectivity index (χ0n) is 43.8. The van der Waals surface area contributed by atoms with E-state index in [1.165, 1.54) is 134 Å². The van der Waals surface area contributed by atoms with Gasteiger partial charge in [-0.15, -0.1) is 0 Å². The molecule has 3 heterocycles. The van der Waals surface area contributed by atoms with Crippen molar-refractivity contribution < 1.29 is 0 Å². The van der Waals surface area contributed by atoms with Gasteiger partial charge in [0.1, 0.15) is 0 Å². The van der Waals surface area contributed by atoms with Gasteiger partial charge in [0.15, 0.2) is 0 Å². The standard InChI is InChI=1S/C70H60B2N2/c1-45-39-53(73-63-31-19-15-27-55(63)69(5,6)56-28-16-20-32-64(56)73)40-46(2)67(45)71-59-37-35-52(50-25-13-10-14-26-50)44-62(59)72(60-38-36-51(43-61(60)71)49-23-11-9-12-24-49)68-47(3)41-54(42-48(68)4)74-65-33-21-17-29-57(65)70(7,8)58-30-18-22-34-66(58)74/h9-44H,1-8H3. The molecule has 0 spiro atoms. The zero-order chi connectivity index (χ0) is 50.6. The highest BCUT2D eigenvalue weighted by atomic mass is 15.2. The van der Waals surface area contributed by atoms with Crippen LogP contribution in [0.2, 0.25) is 0 Å². The van der Waals surface area contributed by atoms with Crippen LogP contribution in [0.15, 0.2) is 218 Å². The lowest BCUT2D eigenvalue weighted by Gasteiger charge is -2.42. The predicted molar refractivity (Wildman–Crippen MR) is 319 cm³/mol. The number of rotatable bonds is 6. The molecule has 0 unspecified atom stereocenters. The highest BCUT2D eigenvalue weighted by Crippen LogP contribution is 2.53. The van der Waals surface area contributed by atoms with Crippen molar-refractivity contribution in [2.45, 2.75) is 66.2 Å². The predicted octanol–water partition coefficient (Wildman–Crippen LogP) is 13.8. The first-order chi connectivity index (χ1) is 35.9. The molecule has 3 aliphatic rings. The van der Waals surface area contributed by atoms with E-state index < -0.39 is 0 Å². The summed E-state index contributed by atoms with van der Waals surface area (Å²) in [5, 5.41) is 0. The molecule has 0 fully saturated rings. The molecule has 10 aromatic rings. The van der Waals surface area contributed by atoms with Gasteiger partial charge in [-0.2, -0.15) is 0 Å². The first-order valence-corrected chi connectivity index (χ1v) is 26.5. The Morgan fingerprint density at radius 3 is 0.878 bits per heavy atom. The van der Waals surface area contributed by atoms with Crippen LogP contribution in [0.25, 0.3) is 22.3 Å². The fourth-order valence-corrected chi connectivity index (χ4v) is 13.7. The van der Waals surface area contributed by atoms with Gasteiger partial charge in [0, 0.05) is 22.2 Å². The van der Waals surface area contributed by atoms with Crippen molar-refractivity contribution in [2.24, 2.45) is 0 Å². The number of nitrogens with zero attached hydrogens (tertiary/aromatic N) is 2. The van der Waals surface area contributed by atoms with E-state index in [2.05, 4.69) is 284 Å². The van der Waals surface area contributed by atoms with Gasteiger partial charge in [-0.3, -0.25) is 0 Å². The van der Waals surface area contributed by atoms with Crippen molar-refractivity contribution in [1.29, 1.82) is 0 Å². The van der Waals surface area contributed by atoms with Crippen LogP contribution in [0.1, 0.15) is 72.2 Å². The van der Waals surface area contributed by atoms with Crippen LogP contribution >= 0.6 is 0 Å². The Bertz CT molecular complexity index is 3470. The van der Waals surface area contributed by atoms with E-state index in [9.17, 15) is 0 Å². The van der Waals surface area contributed by atoms with E-state index >= 15 is 0 Å². The smallest absolute Gasteiger partial charge is 0.240 e. The van der Waals surface area contributed by atoms with Gasteiger partial charge in [0.2, 0.25) is 13.4 Å². The Labute approximate surface area is 439 Å². The van der Waals surface area contributed by atoms with Crippen LogP contribution in [-0.4, -0.2) is 13.4 Å². The summed E-state index contributed by atoms with van der Waals surface area (Å²) in [6, 6.07) is 82.5. The minimum absolute atomic E-state index is 0.0109. The monoisotopic (exact) mass is 950 g/mol. The van der Waals surface area contributed by atoms with Gasteiger partial charge in [0.25, 0.3) is 0 Å². The van der Waals surface area contributed by atoms with Gasteiger partial charge >= 0.3 is 0 Å². The Balaban J connectivity index is 1.03. The summed E-state index contributed by atoms with van der Waals surface area (Å²) in [5.74, 6) is 0. The van der Waals surface area contributed by atoms with Crippen LogP contribution in [0.4, 0.5) is 34.1 Å². The van der Waals surface area contributed by atoms with Crippen LogP contribution in [0.3, 0.4) is 0 Å². The maximum atomic E-state index is 2.53. The molecule has 2 nitrogen and oxygen atoms in total. The zero-order valence-corrected chi connectivity index (χ0v) is 43.8. The maximum absolute atomic E-state index is 2.53. The molecule has 0 aliphatic carbocycles. The molecule has 0 N–H and O–H groups in total. The Kier molecular flexibility index (Phi) is 10.7. The van der Waals surface area contributed by atoms with Crippen LogP contribution < -0.4 is 42.6 Å². The normalized spacial score (nSPS) is 14.6. The second kappa shape index (κ2) is 17.3. The number of aryl methyl sites for hydroxylation is 4. The summed E-state index contributed by atoms with van der Waals surface area (Å²) in [6.45, 7) is 18.9. The van der Waals surface area contributed by atoms with Crippen molar-refractivity contribution in [3.63, 3.8) is 0 Å². The molecule has 0 amide bonds. The third-order valence-electron chi connectivity index (χ3n) is 17.2. The molecule has 13 rings (SSSR count). The third-order valence-corrected chi connectivity index (χ3v) is 17.2. The second-order valence-electron chi connectivity index (χ2n) is 22.3. The highest BCUT2D eigenvalue weighted by Gasteiger charge is 2.43. The topological polar surface area (TPSA) is 6.48 Å². The van der Waals surface area contributed by atoms with Gasteiger partial charge < -0.3 is 9.80 Å². The number of fused-ring (bicyclic) bond motifs is 6. The molecule has 74 heavy (non-hydrogen) atoms. The molecule has 0 bridgehead atoms. The molecule has 4 heteroatoms. The van der Waals surface area contributed by atoms with E-state index in [0.29, 0.717) is 0 Å². The van der Waals surface area contributed by atoms with Crippen LogP contribution in [0, 0.1) is 27.7 Å². The van der Waals surface area contributed by atoms with Gasteiger partial charge in [-0.05, 0) is 121 Å². The third kappa shape index (κ3) is 7.02. The Morgan fingerprint density at radius 1 is 0.284 bits per heavy atom. The quantitative estimate of drug-likeness (QED) is 0.153. The maximum Gasteiger partial charge on any atom is 0.240 e. The van der Waals surface area contributed by atoms with Gasteiger partial charge in [-0.1, -0.05) is 253 Å².